The molecule has 1 N–H and O–H groups in total. The molecule has 1 nitrogen and oxygen atoms in total. The van der Waals surface area contributed by atoms with E-state index in [9.17, 15) is 8.78 Å². The normalized spacial score (nSPS) is 16.0. The van der Waals surface area contributed by atoms with E-state index >= 15 is 0 Å². The zero-order valence-corrected chi connectivity index (χ0v) is 13.3. The number of nitrogens with one attached hydrogen (secondary N) is 1. The Balaban J connectivity index is 1.92. The molecule has 0 amide bonds. The average Bonchev–Trinajstić information content (AvgIpc) is 2.88. The molecule has 21 heavy (non-hydrogen) atoms. The van der Waals surface area contributed by atoms with E-state index in [1.165, 1.54) is 23.3 Å². The zero-order valence-electron chi connectivity index (χ0n) is 11.7. The van der Waals surface area contributed by atoms with Gasteiger partial charge in [0.25, 0.3) is 0 Å². The van der Waals surface area contributed by atoms with Gasteiger partial charge >= 0.3 is 0 Å². The van der Waals surface area contributed by atoms with Crippen molar-refractivity contribution in [2.75, 3.05) is 7.05 Å². The van der Waals surface area contributed by atoms with Gasteiger partial charge in [-0.2, -0.15) is 0 Å². The quantitative estimate of drug-likeness (QED) is 0.808. The molecule has 110 valence electrons. The fourth-order valence-electron chi connectivity index (χ4n) is 3.25. The average molecular weight is 352 g/mol. The van der Waals surface area contributed by atoms with Crippen LogP contribution in [0.2, 0.25) is 0 Å². The molecule has 0 radical (unpaired) electrons. The van der Waals surface area contributed by atoms with E-state index < -0.39 is 5.82 Å². The number of halogens is 3. The minimum absolute atomic E-state index is 0.160. The molecule has 0 fully saturated rings. The van der Waals surface area contributed by atoms with Crippen molar-refractivity contribution in [2.45, 2.75) is 18.9 Å². The fourth-order valence-corrected chi connectivity index (χ4v) is 3.57. The first-order chi connectivity index (χ1) is 10.1. The van der Waals surface area contributed by atoms with Gasteiger partial charge in [-0.25, -0.2) is 8.78 Å². The van der Waals surface area contributed by atoms with Crippen molar-refractivity contribution in [3.63, 3.8) is 0 Å². The number of fused-ring (bicyclic) bond motifs is 1. The Morgan fingerprint density at radius 2 is 1.71 bits per heavy atom. The maximum Gasteiger partial charge on any atom is 0.137 e. The maximum absolute atomic E-state index is 14.2. The van der Waals surface area contributed by atoms with Gasteiger partial charge in [-0.05, 0) is 65.0 Å². The second-order valence-electron chi connectivity index (χ2n) is 5.49. The van der Waals surface area contributed by atoms with Gasteiger partial charge in [0.05, 0.1) is 4.47 Å². The van der Waals surface area contributed by atoms with Crippen LogP contribution in [-0.2, 0) is 12.8 Å². The molecule has 1 aliphatic carbocycles. The lowest BCUT2D eigenvalue weighted by atomic mass is 9.90. The Kier molecular flexibility index (Phi) is 4.09. The number of hydrogen-bond acceptors (Lipinski definition) is 1. The van der Waals surface area contributed by atoms with Gasteiger partial charge in [0.1, 0.15) is 11.6 Å². The summed E-state index contributed by atoms with van der Waals surface area (Å²) < 4.78 is 28.1. The summed E-state index contributed by atoms with van der Waals surface area (Å²) in [6.45, 7) is 0. The number of hydrogen-bond donors (Lipinski definition) is 1. The standard InChI is InChI=1S/C17H16BrF2N/c1-21-17(13-8-16(20)14(18)9-15(13)19)12-6-10-4-2-3-5-11(10)7-12/h2-5,8-9,12,17,21H,6-7H2,1H3. The summed E-state index contributed by atoms with van der Waals surface area (Å²) in [6.07, 6.45) is 1.78. The van der Waals surface area contributed by atoms with Gasteiger partial charge in [0.15, 0.2) is 0 Å². The Morgan fingerprint density at radius 3 is 2.29 bits per heavy atom. The number of rotatable bonds is 3. The fraction of sp³-hybridized carbons (Fsp3) is 0.294. The van der Waals surface area contributed by atoms with E-state index in [-0.39, 0.29) is 22.2 Å². The van der Waals surface area contributed by atoms with Gasteiger partial charge in [-0.1, -0.05) is 24.3 Å². The van der Waals surface area contributed by atoms with Gasteiger partial charge in [0.2, 0.25) is 0 Å². The monoisotopic (exact) mass is 351 g/mol. The van der Waals surface area contributed by atoms with Crippen molar-refractivity contribution < 1.29 is 8.78 Å². The second-order valence-corrected chi connectivity index (χ2v) is 6.35. The first-order valence-electron chi connectivity index (χ1n) is 6.98. The lowest BCUT2D eigenvalue weighted by Crippen LogP contribution is -2.27. The molecule has 1 aliphatic rings. The molecule has 3 rings (SSSR count). The summed E-state index contributed by atoms with van der Waals surface area (Å²) in [6, 6.07) is 10.6. The zero-order chi connectivity index (χ0) is 15.0. The Labute approximate surface area is 131 Å². The third-order valence-electron chi connectivity index (χ3n) is 4.24. The number of benzene rings is 2. The van der Waals surface area contributed by atoms with Gasteiger partial charge in [0, 0.05) is 11.6 Å². The van der Waals surface area contributed by atoms with Crippen LogP contribution in [0.1, 0.15) is 22.7 Å². The summed E-state index contributed by atoms with van der Waals surface area (Å²) in [7, 11) is 1.80. The van der Waals surface area contributed by atoms with Crippen LogP contribution in [0.3, 0.4) is 0 Å². The Bertz CT molecular complexity index is 647. The lowest BCUT2D eigenvalue weighted by Gasteiger charge is -2.24. The topological polar surface area (TPSA) is 12.0 Å². The van der Waals surface area contributed by atoms with Crippen LogP contribution < -0.4 is 5.32 Å². The highest BCUT2D eigenvalue weighted by molar-refractivity contribution is 9.10. The van der Waals surface area contributed by atoms with Crippen molar-refractivity contribution in [2.24, 2.45) is 5.92 Å². The third kappa shape index (κ3) is 2.74. The molecule has 4 heteroatoms. The van der Waals surface area contributed by atoms with Crippen LogP contribution >= 0.6 is 15.9 Å². The van der Waals surface area contributed by atoms with Crippen molar-refractivity contribution in [3.8, 4) is 0 Å². The van der Waals surface area contributed by atoms with E-state index in [0.29, 0.717) is 5.56 Å². The molecule has 0 heterocycles. The summed E-state index contributed by atoms with van der Waals surface area (Å²) in [5.41, 5.74) is 3.01. The van der Waals surface area contributed by atoms with Crippen LogP contribution in [0.15, 0.2) is 40.9 Å². The molecule has 1 unspecified atom stereocenters. The SMILES string of the molecule is CNC(c1cc(F)c(Br)cc1F)C1Cc2ccccc2C1. The largest absolute Gasteiger partial charge is 0.313 e. The van der Waals surface area contributed by atoms with Crippen LogP contribution in [0.25, 0.3) is 0 Å². The predicted octanol–water partition coefficient (Wildman–Crippen LogP) is 4.40. The Hall–Kier alpha value is -1.26. The van der Waals surface area contributed by atoms with Crippen LogP contribution in [-0.4, -0.2) is 7.05 Å². The van der Waals surface area contributed by atoms with E-state index in [1.807, 2.05) is 12.1 Å². The summed E-state index contributed by atoms with van der Waals surface area (Å²) >= 11 is 3.02. The molecule has 0 saturated heterocycles. The summed E-state index contributed by atoms with van der Waals surface area (Å²) in [5, 5.41) is 3.16. The molecule has 2 aromatic rings. The molecule has 0 spiro atoms. The highest BCUT2D eigenvalue weighted by Gasteiger charge is 2.30. The second kappa shape index (κ2) is 5.85. The van der Waals surface area contributed by atoms with E-state index in [0.717, 1.165) is 12.8 Å². The summed E-state index contributed by atoms with van der Waals surface area (Å²) in [4.78, 5) is 0. The van der Waals surface area contributed by atoms with Crippen molar-refractivity contribution >= 4 is 15.9 Å². The van der Waals surface area contributed by atoms with Gasteiger partial charge in [-0.3, -0.25) is 0 Å². The molecule has 0 bridgehead atoms. The smallest absolute Gasteiger partial charge is 0.137 e. The van der Waals surface area contributed by atoms with Crippen molar-refractivity contribution in [3.05, 3.63) is 69.2 Å². The van der Waals surface area contributed by atoms with E-state index in [2.05, 4.69) is 33.4 Å². The van der Waals surface area contributed by atoms with Gasteiger partial charge in [-0.15, -0.1) is 0 Å². The third-order valence-corrected chi connectivity index (χ3v) is 4.85. The highest BCUT2D eigenvalue weighted by Crippen LogP contribution is 2.36. The Morgan fingerprint density at radius 1 is 1.10 bits per heavy atom. The molecule has 0 aromatic heterocycles. The molecule has 1 atom stereocenters. The first kappa shape index (κ1) is 14.7. The molecular formula is C17H16BrF2N. The van der Waals surface area contributed by atoms with Crippen LogP contribution in [0.5, 0.6) is 0 Å². The van der Waals surface area contributed by atoms with Gasteiger partial charge < -0.3 is 5.32 Å². The van der Waals surface area contributed by atoms with E-state index in [1.54, 1.807) is 7.05 Å². The van der Waals surface area contributed by atoms with E-state index in [4.69, 9.17) is 0 Å². The summed E-state index contributed by atoms with van der Waals surface area (Å²) in [5.74, 6) is -0.566. The maximum atomic E-state index is 14.2. The molecule has 0 aliphatic heterocycles. The highest BCUT2D eigenvalue weighted by atomic mass is 79.9. The molecule has 2 aromatic carbocycles. The molecule has 0 saturated carbocycles. The predicted molar refractivity (Wildman–Crippen MR) is 83.2 cm³/mol. The minimum Gasteiger partial charge on any atom is -0.313 e. The van der Waals surface area contributed by atoms with Crippen molar-refractivity contribution in [1.82, 2.24) is 5.32 Å². The van der Waals surface area contributed by atoms with Crippen molar-refractivity contribution in [1.29, 1.82) is 0 Å². The van der Waals surface area contributed by atoms with Crippen LogP contribution in [0.4, 0.5) is 8.78 Å². The molecular weight excluding hydrogens is 336 g/mol. The first-order valence-corrected chi connectivity index (χ1v) is 7.78. The van der Waals surface area contributed by atoms with Crippen LogP contribution in [0, 0.1) is 17.6 Å². The minimum atomic E-state index is -0.429. The lowest BCUT2D eigenvalue weighted by molar-refractivity contribution is 0.382.